The lowest BCUT2D eigenvalue weighted by Crippen LogP contribution is -2.19. The van der Waals surface area contributed by atoms with Crippen LogP contribution in [-0.2, 0) is 4.74 Å². The molecule has 0 spiro atoms. The van der Waals surface area contributed by atoms with E-state index in [1.807, 2.05) is 0 Å². The number of hydrogen-bond donors (Lipinski definition) is 0. The fourth-order valence-corrected chi connectivity index (χ4v) is 1.99. The van der Waals surface area contributed by atoms with Gasteiger partial charge in [0.15, 0.2) is 0 Å². The van der Waals surface area contributed by atoms with Crippen molar-refractivity contribution in [3.05, 3.63) is 0 Å². The SMILES string of the molecule is CC(C)CCCCCCCOC(C)CCN(C)C.Cl. The van der Waals surface area contributed by atoms with E-state index in [0.717, 1.165) is 25.5 Å². The maximum absolute atomic E-state index is 5.81. The molecule has 0 radical (unpaired) electrons. The van der Waals surface area contributed by atoms with E-state index in [4.69, 9.17) is 4.74 Å². The monoisotopic (exact) mass is 293 g/mol. The Morgan fingerprint density at radius 1 is 0.842 bits per heavy atom. The molecule has 0 saturated carbocycles. The van der Waals surface area contributed by atoms with E-state index in [0.29, 0.717) is 6.10 Å². The van der Waals surface area contributed by atoms with Crippen LogP contribution in [0, 0.1) is 5.92 Å². The number of halogens is 1. The fourth-order valence-electron chi connectivity index (χ4n) is 1.99. The molecule has 0 aliphatic heterocycles. The van der Waals surface area contributed by atoms with Gasteiger partial charge in [-0.2, -0.15) is 0 Å². The molecule has 1 atom stereocenters. The van der Waals surface area contributed by atoms with Crippen LogP contribution >= 0.6 is 12.4 Å². The van der Waals surface area contributed by atoms with Crippen molar-refractivity contribution in [3.63, 3.8) is 0 Å². The summed E-state index contributed by atoms with van der Waals surface area (Å²) in [5.41, 5.74) is 0. The quantitative estimate of drug-likeness (QED) is 0.481. The second-order valence-electron chi connectivity index (χ2n) is 6.22. The van der Waals surface area contributed by atoms with Gasteiger partial charge in [0, 0.05) is 6.61 Å². The van der Waals surface area contributed by atoms with Gasteiger partial charge in [-0.15, -0.1) is 12.4 Å². The van der Waals surface area contributed by atoms with E-state index < -0.39 is 0 Å². The number of rotatable bonds is 12. The van der Waals surface area contributed by atoms with Crippen LogP contribution in [0.15, 0.2) is 0 Å². The zero-order chi connectivity index (χ0) is 13.8. The first-order valence-corrected chi connectivity index (χ1v) is 7.78. The standard InChI is InChI=1S/C16H35NO.ClH/c1-15(2)11-9-7-6-8-10-14-18-16(3)12-13-17(4)5;/h15-16H,6-14H2,1-5H3;1H. The summed E-state index contributed by atoms with van der Waals surface area (Å²) < 4.78 is 5.81. The molecule has 0 aromatic carbocycles. The Morgan fingerprint density at radius 3 is 2.00 bits per heavy atom. The summed E-state index contributed by atoms with van der Waals surface area (Å²) in [6.07, 6.45) is 9.67. The third kappa shape index (κ3) is 18.2. The highest BCUT2D eigenvalue weighted by molar-refractivity contribution is 5.85. The lowest BCUT2D eigenvalue weighted by Gasteiger charge is -2.15. The minimum absolute atomic E-state index is 0. The summed E-state index contributed by atoms with van der Waals surface area (Å²) >= 11 is 0. The number of unbranched alkanes of at least 4 members (excludes halogenated alkanes) is 4. The zero-order valence-electron chi connectivity index (χ0n) is 13.8. The number of nitrogens with zero attached hydrogens (tertiary/aromatic N) is 1. The second kappa shape index (κ2) is 14.6. The molecule has 3 heteroatoms. The van der Waals surface area contributed by atoms with Crippen molar-refractivity contribution in [1.29, 1.82) is 0 Å². The molecular weight excluding hydrogens is 258 g/mol. The van der Waals surface area contributed by atoms with Crippen molar-refractivity contribution >= 4 is 12.4 Å². The Morgan fingerprint density at radius 2 is 1.42 bits per heavy atom. The van der Waals surface area contributed by atoms with Gasteiger partial charge in [0.2, 0.25) is 0 Å². The number of ether oxygens (including phenoxy) is 1. The number of hydrogen-bond acceptors (Lipinski definition) is 2. The smallest absolute Gasteiger partial charge is 0.0559 e. The molecule has 0 amide bonds. The Hall–Kier alpha value is 0.210. The van der Waals surface area contributed by atoms with Crippen molar-refractivity contribution in [1.82, 2.24) is 4.90 Å². The molecule has 0 aliphatic rings. The lowest BCUT2D eigenvalue weighted by atomic mass is 10.0. The Balaban J connectivity index is 0. The minimum atomic E-state index is 0. The summed E-state index contributed by atoms with van der Waals surface area (Å²) in [5.74, 6) is 0.867. The Labute approximate surface area is 127 Å². The first-order chi connectivity index (χ1) is 8.52. The average Bonchev–Trinajstić information content (AvgIpc) is 2.29. The second-order valence-corrected chi connectivity index (χ2v) is 6.22. The molecule has 0 aliphatic carbocycles. The molecule has 0 aromatic rings. The van der Waals surface area contributed by atoms with Crippen LogP contribution in [0.1, 0.15) is 65.7 Å². The summed E-state index contributed by atoms with van der Waals surface area (Å²) in [5, 5.41) is 0. The van der Waals surface area contributed by atoms with Crippen LogP contribution in [0.25, 0.3) is 0 Å². The van der Waals surface area contributed by atoms with Gasteiger partial charge in [0.25, 0.3) is 0 Å². The van der Waals surface area contributed by atoms with Crippen LogP contribution in [0.4, 0.5) is 0 Å². The van der Waals surface area contributed by atoms with Crippen LogP contribution in [0.3, 0.4) is 0 Å². The molecule has 0 fully saturated rings. The van der Waals surface area contributed by atoms with Gasteiger partial charge in [-0.1, -0.05) is 46.0 Å². The van der Waals surface area contributed by atoms with E-state index >= 15 is 0 Å². The predicted molar refractivity (Wildman–Crippen MR) is 88.4 cm³/mol. The van der Waals surface area contributed by atoms with Gasteiger partial charge in [-0.25, -0.2) is 0 Å². The molecule has 0 bridgehead atoms. The average molecular weight is 294 g/mol. The molecule has 0 rings (SSSR count). The Bertz CT molecular complexity index is 174. The fraction of sp³-hybridized carbons (Fsp3) is 1.00. The molecule has 2 nitrogen and oxygen atoms in total. The van der Waals surface area contributed by atoms with Crippen LogP contribution in [0.5, 0.6) is 0 Å². The van der Waals surface area contributed by atoms with Crippen molar-refractivity contribution < 1.29 is 4.74 Å². The summed E-state index contributed by atoms with van der Waals surface area (Å²) in [6.45, 7) is 8.87. The van der Waals surface area contributed by atoms with E-state index in [2.05, 4.69) is 39.8 Å². The van der Waals surface area contributed by atoms with Crippen molar-refractivity contribution in [3.8, 4) is 0 Å². The molecule has 1 unspecified atom stereocenters. The third-order valence-corrected chi connectivity index (χ3v) is 3.31. The van der Waals surface area contributed by atoms with Gasteiger partial charge >= 0.3 is 0 Å². The zero-order valence-corrected chi connectivity index (χ0v) is 14.6. The minimum Gasteiger partial charge on any atom is -0.378 e. The first-order valence-electron chi connectivity index (χ1n) is 7.78. The van der Waals surface area contributed by atoms with Crippen LogP contribution < -0.4 is 0 Å². The summed E-state index contributed by atoms with van der Waals surface area (Å²) in [7, 11) is 4.23. The largest absolute Gasteiger partial charge is 0.378 e. The van der Waals surface area contributed by atoms with Crippen LogP contribution in [-0.4, -0.2) is 38.3 Å². The van der Waals surface area contributed by atoms with Gasteiger partial charge in [0.05, 0.1) is 6.10 Å². The molecular formula is C16H36ClNO. The van der Waals surface area contributed by atoms with Gasteiger partial charge in [-0.3, -0.25) is 0 Å². The maximum Gasteiger partial charge on any atom is 0.0559 e. The van der Waals surface area contributed by atoms with Gasteiger partial charge in [0.1, 0.15) is 0 Å². The summed E-state index contributed by atoms with van der Waals surface area (Å²) in [4.78, 5) is 2.22. The van der Waals surface area contributed by atoms with Crippen molar-refractivity contribution in [2.24, 2.45) is 5.92 Å². The highest BCUT2D eigenvalue weighted by Gasteiger charge is 2.02. The molecule has 118 valence electrons. The third-order valence-electron chi connectivity index (χ3n) is 3.31. The molecule has 0 aromatic heterocycles. The summed E-state index contributed by atoms with van der Waals surface area (Å²) in [6, 6.07) is 0. The highest BCUT2D eigenvalue weighted by Crippen LogP contribution is 2.10. The van der Waals surface area contributed by atoms with E-state index in [-0.39, 0.29) is 12.4 Å². The Kier molecular flexibility index (Phi) is 16.5. The molecule has 0 N–H and O–H groups in total. The lowest BCUT2D eigenvalue weighted by molar-refractivity contribution is 0.0528. The topological polar surface area (TPSA) is 12.5 Å². The van der Waals surface area contributed by atoms with E-state index in [9.17, 15) is 0 Å². The van der Waals surface area contributed by atoms with E-state index in [1.54, 1.807) is 0 Å². The molecule has 0 heterocycles. The van der Waals surface area contributed by atoms with Crippen molar-refractivity contribution in [2.45, 2.75) is 71.8 Å². The van der Waals surface area contributed by atoms with Gasteiger partial charge in [-0.05, 0) is 46.3 Å². The highest BCUT2D eigenvalue weighted by atomic mass is 35.5. The first kappa shape index (κ1) is 21.5. The molecule has 0 saturated heterocycles. The van der Waals surface area contributed by atoms with Crippen molar-refractivity contribution in [2.75, 3.05) is 27.2 Å². The van der Waals surface area contributed by atoms with Crippen LogP contribution in [0.2, 0.25) is 0 Å². The predicted octanol–water partition coefficient (Wildman–Crippen LogP) is 4.76. The van der Waals surface area contributed by atoms with Gasteiger partial charge < -0.3 is 9.64 Å². The maximum atomic E-state index is 5.81. The molecule has 19 heavy (non-hydrogen) atoms. The van der Waals surface area contributed by atoms with E-state index in [1.165, 1.54) is 38.5 Å². The normalized spacial score (nSPS) is 12.8.